The first kappa shape index (κ1) is 14.4. The first-order valence-corrected chi connectivity index (χ1v) is 6.98. The second-order valence-corrected chi connectivity index (χ2v) is 5.85. The van der Waals surface area contributed by atoms with E-state index in [1.165, 1.54) is 16.7 Å². The lowest BCUT2D eigenvalue weighted by Gasteiger charge is -2.43. The van der Waals surface area contributed by atoms with Gasteiger partial charge in [0.1, 0.15) is 5.75 Å². The van der Waals surface area contributed by atoms with Gasteiger partial charge in [-0.2, -0.15) is 0 Å². The summed E-state index contributed by atoms with van der Waals surface area (Å²) in [6, 6.07) is 4.52. The van der Waals surface area contributed by atoms with Crippen LogP contribution in [0.3, 0.4) is 0 Å². The average Bonchev–Trinajstić information content (AvgIpc) is 2.32. The number of methoxy groups -OCH3 is 1. The Hall–Kier alpha value is -1.06. The van der Waals surface area contributed by atoms with Gasteiger partial charge in [-0.15, -0.1) is 0 Å². The van der Waals surface area contributed by atoms with Crippen LogP contribution in [-0.2, 0) is 10.2 Å². The molecule has 1 aliphatic heterocycles. The number of nitrogens with two attached hydrogens (primary N) is 1. The predicted molar refractivity (Wildman–Crippen MR) is 77.8 cm³/mol. The molecule has 1 aromatic rings. The van der Waals surface area contributed by atoms with E-state index in [-0.39, 0.29) is 11.5 Å². The molecule has 1 aromatic carbocycles. The Labute approximate surface area is 116 Å². The number of hydrogen-bond acceptors (Lipinski definition) is 3. The Morgan fingerprint density at radius 3 is 2.47 bits per heavy atom. The van der Waals surface area contributed by atoms with Crippen LogP contribution in [0, 0.1) is 13.8 Å². The predicted octanol–water partition coefficient (Wildman–Crippen LogP) is 2.71. The lowest BCUT2D eigenvalue weighted by Crippen LogP contribution is -2.48. The second-order valence-electron chi connectivity index (χ2n) is 5.85. The zero-order valence-electron chi connectivity index (χ0n) is 12.5. The molecule has 2 N–H and O–H groups in total. The highest BCUT2D eigenvalue weighted by Gasteiger charge is 2.41. The zero-order valence-corrected chi connectivity index (χ0v) is 12.5. The summed E-state index contributed by atoms with van der Waals surface area (Å²) in [5.41, 5.74) is 10.0. The van der Waals surface area contributed by atoms with E-state index in [4.69, 9.17) is 15.2 Å². The molecule has 1 fully saturated rings. The van der Waals surface area contributed by atoms with Gasteiger partial charge in [-0.1, -0.05) is 6.07 Å². The van der Waals surface area contributed by atoms with E-state index in [2.05, 4.69) is 32.9 Å². The summed E-state index contributed by atoms with van der Waals surface area (Å²) in [7, 11) is 1.72. The van der Waals surface area contributed by atoms with Gasteiger partial charge >= 0.3 is 0 Å². The second kappa shape index (κ2) is 5.51. The van der Waals surface area contributed by atoms with Crippen molar-refractivity contribution in [3.63, 3.8) is 0 Å². The van der Waals surface area contributed by atoms with Crippen LogP contribution in [0.15, 0.2) is 12.1 Å². The van der Waals surface area contributed by atoms with Crippen molar-refractivity contribution in [1.29, 1.82) is 0 Å². The molecule has 0 amide bonds. The molecule has 106 valence electrons. The average molecular weight is 263 g/mol. The van der Waals surface area contributed by atoms with Crippen molar-refractivity contribution in [3.05, 3.63) is 28.8 Å². The van der Waals surface area contributed by atoms with Crippen molar-refractivity contribution in [2.45, 2.75) is 45.1 Å². The van der Waals surface area contributed by atoms with Crippen LogP contribution < -0.4 is 10.5 Å². The monoisotopic (exact) mass is 263 g/mol. The fourth-order valence-corrected chi connectivity index (χ4v) is 2.88. The molecule has 3 nitrogen and oxygen atoms in total. The standard InChI is InChI=1S/C16H25NO2/c1-11(17)7-8-16(9-19-10-16)14-5-6-15(18-4)13(3)12(14)2/h5-6,11H,7-10,17H2,1-4H3. The van der Waals surface area contributed by atoms with Crippen molar-refractivity contribution < 1.29 is 9.47 Å². The van der Waals surface area contributed by atoms with Crippen LogP contribution in [0.4, 0.5) is 0 Å². The molecule has 1 atom stereocenters. The maximum Gasteiger partial charge on any atom is 0.122 e. The highest BCUT2D eigenvalue weighted by molar-refractivity contribution is 5.47. The van der Waals surface area contributed by atoms with E-state index >= 15 is 0 Å². The molecule has 2 rings (SSSR count). The van der Waals surface area contributed by atoms with E-state index in [0.29, 0.717) is 0 Å². The summed E-state index contributed by atoms with van der Waals surface area (Å²) in [5, 5.41) is 0. The molecule has 19 heavy (non-hydrogen) atoms. The van der Waals surface area contributed by atoms with Crippen LogP contribution in [0.25, 0.3) is 0 Å². The summed E-state index contributed by atoms with van der Waals surface area (Å²) >= 11 is 0. The van der Waals surface area contributed by atoms with Crippen LogP contribution in [-0.4, -0.2) is 26.4 Å². The SMILES string of the molecule is COc1ccc(C2(CCC(C)N)COC2)c(C)c1C. The summed E-state index contributed by atoms with van der Waals surface area (Å²) in [4.78, 5) is 0. The lowest BCUT2D eigenvalue weighted by atomic mass is 9.72. The van der Waals surface area contributed by atoms with Gasteiger partial charge in [-0.25, -0.2) is 0 Å². The lowest BCUT2D eigenvalue weighted by molar-refractivity contribution is -0.0660. The van der Waals surface area contributed by atoms with E-state index in [9.17, 15) is 0 Å². The van der Waals surface area contributed by atoms with Gasteiger partial charge in [0.25, 0.3) is 0 Å². The highest BCUT2D eigenvalue weighted by Crippen LogP contribution is 2.41. The molecular formula is C16H25NO2. The van der Waals surface area contributed by atoms with E-state index in [1.807, 2.05) is 0 Å². The molecule has 0 saturated carbocycles. The van der Waals surface area contributed by atoms with Crippen molar-refractivity contribution in [1.82, 2.24) is 0 Å². The van der Waals surface area contributed by atoms with Crippen molar-refractivity contribution in [2.24, 2.45) is 5.73 Å². The Balaban J connectivity index is 2.31. The van der Waals surface area contributed by atoms with Gasteiger partial charge in [-0.05, 0) is 56.4 Å². The van der Waals surface area contributed by atoms with Crippen LogP contribution in [0.5, 0.6) is 5.75 Å². The summed E-state index contributed by atoms with van der Waals surface area (Å²) in [6.45, 7) is 7.99. The fraction of sp³-hybridized carbons (Fsp3) is 0.625. The fourth-order valence-electron chi connectivity index (χ4n) is 2.88. The van der Waals surface area contributed by atoms with E-state index in [0.717, 1.165) is 31.8 Å². The van der Waals surface area contributed by atoms with Crippen LogP contribution in [0.2, 0.25) is 0 Å². The largest absolute Gasteiger partial charge is 0.496 e. The first-order valence-electron chi connectivity index (χ1n) is 6.98. The molecule has 0 radical (unpaired) electrons. The van der Waals surface area contributed by atoms with Gasteiger partial charge in [0.15, 0.2) is 0 Å². The zero-order chi connectivity index (χ0) is 14.0. The summed E-state index contributed by atoms with van der Waals surface area (Å²) in [6.07, 6.45) is 2.13. The Kier molecular flexibility index (Phi) is 4.16. The molecule has 0 bridgehead atoms. The Morgan fingerprint density at radius 1 is 1.32 bits per heavy atom. The number of rotatable bonds is 5. The maximum atomic E-state index is 5.91. The minimum atomic E-state index is 0.161. The topological polar surface area (TPSA) is 44.5 Å². The van der Waals surface area contributed by atoms with Gasteiger partial charge in [0, 0.05) is 11.5 Å². The molecule has 1 unspecified atom stereocenters. The molecule has 1 saturated heterocycles. The molecule has 1 heterocycles. The van der Waals surface area contributed by atoms with Gasteiger partial charge in [0.05, 0.1) is 20.3 Å². The van der Waals surface area contributed by atoms with Gasteiger partial charge in [-0.3, -0.25) is 0 Å². The van der Waals surface area contributed by atoms with Crippen molar-refractivity contribution >= 4 is 0 Å². The van der Waals surface area contributed by atoms with Gasteiger partial charge < -0.3 is 15.2 Å². The van der Waals surface area contributed by atoms with Gasteiger partial charge in [0.2, 0.25) is 0 Å². The molecule has 0 aliphatic carbocycles. The molecular weight excluding hydrogens is 238 g/mol. The van der Waals surface area contributed by atoms with E-state index < -0.39 is 0 Å². The molecule has 3 heteroatoms. The highest BCUT2D eigenvalue weighted by atomic mass is 16.5. The van der Waals surface area contributed by atoms with Crippen LogP contribution in [0.1, 0.15) is 36.5 Å². The van der Waals surface area contributed by atoms with Crippen molar-refractivity contribution in [2.75, 3.05) is 20.3 Å². The van der Waals surface area contributed by atoms with Crippen molar-refractivity contribution in [3.8, 4) is 5.75 Å². The number of ether oxygens (including phenoxy) is 2. The molecule has 0 aromatic heterocycles. The summed E-state index contributed by atoms with van der Waals surface area (Å²) in [5.74, 6) is 0.962. The third-order valence-corrected chi connectivity index (χ3v) is 4.36. The molecule has 0 spiro atoms. The quantitative estimate of drug-likeness (QED) is 0.888. The third kappa shape index (κ3) is 2.63. The summed E-state index contributed by atoms with van der Waals surface area (Å²) < 4.78 is 10.9. The number of benzene rings is 1. The Bertz CT molecular complexity index is 450. The smallest absolute Gasteiger partial charge is 0.122 e. The van der Waals surface area contributed by atoms with Crippen LogP contribution >= 0.6 is 0 Å². The first-order chi connectivity index (χ1) is 9.00. The normalized spacial score (nSPS) is 18.8. The third-order valence-electron chi connectivity index (χ3n) is 4.36. The Morgan fingerprint density at radius 2 is 2.00 bits per heavy atom. The maximum absolute atomic E-state index is 5.91. The molecule has 1 aliphatic rings. The minimum absolute atomic E-state index is 0.161. The van der Waals surface area contributed by atoms with E-state index in [1.54, 1.807) is 7.11 Å². The number of hydrogen-bond donors (Lipinski definition) is 1. The minimum Gasteiger partial charge on any atom is -0.496 e.